The molecule has 2 aliphatic rings. The van der Waals surface area contributed by atoms with Gasteiger partial charge < -0.3 is 24.4 Å². The highest BCUT2D eigenvalue weighted by atomic mass is 16.5. The summed E-state index contributed by atoms with van der Waals surface area (Å²) in [6, 6.07) is 72.8. The highest BCUT2D eigenvalue weighted by molar-refractivity contribution is 5.92. The van der Waals surface area contributed by atoms with Gasteiger partial charge in [-0.05, 0) is 174 Å². The Kier molecular flexibility index (Phi) is 11.6. The lowest BCUT2D eigenvalue weighted by atomic mass is 9.67. The first-order chi connectivity index (χ1) is 36.0. The number of benzene rings is 10. The van der Waals surface area contributed by atoms with E-state index in [2.05, 4.69) is 206 Å². The van der Waals surface area contributed by atoms with Crippen LogP contribution in [0.2, 0.25) is 0 Å². The molecule has 0 radical (unpaired) electrons. The third-order valence-electron chi connectivity index (χ3n) is 14.9. The van der Waals surface area contributed by atoms with Gasteiger partial charge in [0.15, 0.2) is 0 Å². The van der Waals surface area contributed by atoms with Crippen molar-refractivity contribution in [2.24, 2.45) is 0 Å². The first kappa shape index (κ1) is 45.3. The van der Waals surface area contributed by atoms with Gasteiger partial charge in [0.05, 0.1) is 24.0 Å². The molecule has 73 heavy (non-hydrogen) atoms. The molecule has 2 unspecified atom stereocenters. The molecule has 0 aromatic heterocycles. The number of fused-ring (bicyclic) bond motifs is 8. The fourth-order valence-electron chi connectivity index (χ4n) is 11.6. The van der Waals surface area contributed by atoms with Crippen LogP contribution in [0, 0.1) is 23.7 Å². The van der Waals surface area contributed by atoms with Crippen molar-refractivity contribution in [3.05, 3.63) is 262 Å². The summed E-state index contributed by atoms with van der Waals surface area (Å²) in [5.74, 6) is 14.8. The molecular formula is C68H50O5. The van der Waals surface area contributed by atoms with Gasteiger partial charge in [-0.25, -0.2) is 0 Å². The van der Waals surface area contributed by atoms with Gasteiger partial charge in [-0.2, -0.15) is 0 Å². The Labute approximate surface area is 425 Å². The number of hydrogen-bond acceptors (Lipinski definition) is 5. The quantitative estimate of drug-likeness (QED) is 0.119. The van der Waals surface area contributed by atoms with E-state index in [9.17, 15) is 10.2 Å². The van der Waals surface area contributed by atoms with Crippen LogP contribution in [0.25, 0.3) is 43.8 Å². The maximum atomic E-state index is 10.5. The molecule has 5 nitrogen and oxygen atoms in total. The Balaban J connectivity index is 0.935. The fraction of sp³-hybridized carbons (Fsp3) is 0.118. The standard InChI is InChI=1S/C68H50O5/c1-3-5-35-71-57-27-19-47-39-53(21-17-49(47)41-57)67(63-13-9-7-11-59(63)61-33-15-45(43-69)37-65(61)67)51-23-29-55(30-24-51)73-56-31-25-52(26-32-56)68(54-22-18-50-42-58(72-36-6-4-2)28-20-48(50)40-54)64-14-10-8-12-60(64)62-34-16-46(44-70)38-66(62)68/h7-34,37-42,69-70H,35-36,43-44H2,1-2H3. The molecule has 0 spiro atoms. The monoisotopic (exact) mass is 946 g/mol. The van der Waals surface area contributed by atoms with E-state index in [0.717, 1.165) is 88.7 Å². The predicted molar refractivity (Wildman–Crippen MR) is 292 cm³/mol. The van der Waals surface area contributed by atoms with Crippen LogP contribution in [-0.2, 0) is 24.0 Å². The summed E-state index contributed by atoms with van der Waals surface area (Å²) in [7, 11) is 0. The summed E-state index contributed by atoms with van der Waals surface area (Å²) < 4.78 is 18.6. The zero-order valence-electron chi connectivity index (χ0n) is 40.6. The Morgan fingerprint density at radius 2 is 0.726 bits per heavy atom. The lowest BCUT2D eigenvalue weighted by molar-refractivity contribution is 0.281. The second-order valence-corrected chi connectivity index (χ2v) is 18.7. The Morgan fingerprint density at radius 1 is 0.356 bits per heavy atom. The van der Waals surface area contributed by atoms with E-state index >= 15 is 0 Å². The lowest BCUT2D eigenvalue weighted by Crippen LogP contribution is -2.28. The molecule has 0 saturated carbocycles. The first-order valence-electron chi connectivity index (χ1n) is 24.7. The first-order valence-corrected chi connectivity index (χ1v) is 24.7. The smallest absolute Gasteiger partial charge is 0.149 e. The molecule has 0 amide bonds. The van der Waals surface area contributed by atoms with Crippen molar-refractivity contribution in [3.8, 4) is 68.9 Å². The molecule has 5 heteroatoms. The zero-order valence-corrected chi connectivity index (χ0v) is 40.6. The van der Waals surface area contributed by atoms with Crippen molar-refractivity contribution in [1.29, 1.82) is 0 Å². The minimum absolute atomic E-state index is 0.0627. The number of aliphatic hydroxyl groups excluding tert-OH is 2. The van der Waals surface area contributed by atoms with Crippen molar-refractivity contribution >= 4 is 21.5 Å². The van der Waals surface area contributed by atoms with Gasteiger partial charge in [0.25, 0.3) is 0 Å². The molecule has 2 aliphatic carbocycles. The van der Waals surface area contributed by atoms with Gasteiger partial charge in [-0.1, -0.05) is 157 Å². The van der Waals surface area contributed by atoms with Crippen LogP contribution in [0.15, 0.2) is 206 Å². The maximum Gasteiger partial charge on any atom is 0.149 e. The second-order valence-electron chi connectivity index (χ2n) is 18.7. The summed E-state index contributed by atoms with van der Waals surface area (Å²) in [6.45, 7) is 4.18. The third kappa shape index (κ3) is 7.53. The average molecular weight is 947 g/mol. The van der Waals surface area contributed by atoms with Gasteiger partial charge in [0, 0.05) is 0 Å². The third-order valence-corrected chi connectivity index (χ3v) is 14.9. The van der Waals surface area contributed by atoms with E-state index in [1.165, 1.54) is 22.3 Å². The molecule has 2 atom stereocenters. The summed E-state index contributed by atoms with van der Waals surface area (Å²) in [4.78, 5) is 0. The Hall–Kier alpha value is -8.84. The van der Waals surface area contributed by atoms with E-state index in [4.69, 9.17) is 14.2 Å². The molecule has 0 saturated heterocycles. The second kappa shape index (κ2) is 18.7. The summed E-state index contributed by atoms with van der Waals surface area (Å²) in [5, 5.41) is 25.3. The number of rotatable bonds is 12. The maximum absolute atomic E-state index is 10.5. The van der Waals surface area contributed by atoms with Gasteiger partial charge in [0.1, 0.15) is 36.2 Å². The number of aliphatic hydroxyl groups is 2. The van der Waals surface area contributed by atoms with E-state index in [0.29, 0.717) is 24.7 Å². The van der Waals surface area contributed by atoms with Crippen LogP contribution in [0.4, 0.5) is 0 Å². The van der Waals surface area contributed by atoms with Gasteiger partial charge >= 0.3 is 0 Å². The minimum atomic E-state index is -0.696. The normalized spacial score (nSPS) is 15.8. The largest absolute Gasteiger partial charge is 0.481 e. The van der Waals surface area contributed by atoms with Gasteiger partial charge in [0.2, 0.25) is 0 Å². The highest BCUT2D eigenvalue weighted by Gasteiger charge is 2.48. The summed E-state index contributed by atoms with van der Waals surface area (Å²) in [5.41, 5.74) is 14.0. The molecule has 0 fully saturated rings. The predicted octanol–water partition coefficient (Wildman–Crippen LogP) is 14.3. The van der Waals surface area contributed by atoms with Crippen LogP contribution in [0.1, 0.15) is 69.5 Å². The number of hydrogen-bond donors (Lipinski definition) is 2. The Bertz CT molecular complexity index is 3650. The molecule has 12 rings (SSSR count). The van der Waals surface area contributed by atoms with Crippen LogP contribution in [0.3, 0.4) is 0 Å². The highest BCUT2D eigenvalue weighted by Crippen LogP contribution is 2.58. The fourth-order valence-corrected chi connectivity index (χ4v) is 11.6. The lowest BCUT2D eigenvalue weighted by Gasteiger charge is -2.34. The molecular weight excluding hydrogens is 897 g/mol. The molecule has 0 aliphatic heterocycles. The van der Waals surface area contributed by atoms with Crippen molar-refractivity contribution in [3.63, 3.8) is 0 Å². The molecule has 352 valence electrons. The zero-order chi connectivity index (χ0) is 49.5. The van der Waals surface area contributed by atoms with Crippen molar-refractivity contribution < 1.29 is 24.4 Å². The summed E-state index contributed by atoms with van der Waals surface area (Å²) >= 11 is 0. The van der Waals surface area contributed by atoms with Crippen LogP contribution in [0.5, 0.6) is 23.0 Å². The van der Waals surface area contributed by atoms with Crippen LogP contribution in [-0.4, -0.2) is 23.4 Å². The van der Waals surface area contributed by atoms with Crippen LogP contribution >= 0.6 is 0 Å². The van der Waals surface area contributed by atoms with Crippen LogP contribution < -0.4 is 14.2 Å². The van der Waals surface area contributed by atoms with E-state index in [-0.39, 0.29) is 13.2 Å². The van der Waals surface area contributed by atoms with Crippen molar-refractivity contribution in [2.45, 2.75) is 37.9 Å². The molecule has 0 bridgehead atoms. The van der Waals surface area contributed by atoms with Gasteiger partial charge in [-0.3, -0.25) is 0 Å². The summed E-state index contributed by atoms with van der Waals surface area (Å²) in [6.07, 6.45) is 0. The molecule has 2 N–H and O–H groups in total. The number of ether oxygens (including phenoxy) is 3. The Morgan fingerprint density at radius 3 is 1.15 bits per heavy atom. The topological polar surface area (TPSA) is 68.2 Å². The van der Waals surface area contributed by atoms with Gasteiger partial charge in [-0.15, -0.1) is 11.8 Å². The van der Waals surface area contributed by atoms with Crippen molar-refractivity contribution in [2.75, 3.05) is 13.2 Å². The van der Waals surface area contributed by atoms with E-state index in [1.54, 1.807) is 0 Å². The molecule has 0 heterocycles. The van der Waals surface area contributed by atoms with E-state index in [1.807, 2.05) is 38.1 Å². The SMILES string of the molecule is CC#CCOc1ccc2cc(C3(c4ccc(Oc5ccc(C6(c7ccc8cc(OCC#CC)ccc8c7)c7ccccc7-c7ccc(CO)cc76)cc5)cc4)c4ccccc4-c4ccc(CO)cc43)ccc2c1. The average Bonchev–Trinajstić information content (AvgIpc) is 3.91. The minimum Gasteiger partial charge on any atom is -0.481 e. The molecule has 10 aromatic rings. The van der Waals surface area contributed by atoms with Crippen molar-refractivity contribution in [1.82, 2.24) is 0 Å². The molecule has 10 aromatic carbocycles. The van der Waals surface area contributed by atoms with E-state index < -0.39 is 10.8 Å².